The van der Waals surface area contributed by atoms with Gasteiger partial charge in [0, 0.05) is 50.1 Å². The van der Waals surface area contributed by atoms with Gasteiger partial charge in [0.2, 0.25) is 0 Å². The number of hydrogen-bond acceptors (Lipinski definition) is 5. The van der Waals surface area contributed by atoms with Crippen LogP contribution in [0.2, 0.25) is 0 Å². The van der Waals surface area contributed by atoms with Crippen molar-refractivity contribution in [3.8, 4) is 11.5 Å². The second kappa shape index (κ2) is 11.0. The number of ether oxygens (including phenoxy) is 2. The highest BCUT2D eigenvalue weighted by atomic mass is 16.5. The number of pyridine rings is 1. The van der Waals surface area contributed by atoms with Crippen molar-refractivity contribution in [1.29, 1.82) is 0 Å². The number of urea groups is 1. The average molecular weight is 425 g/mol. The van der Waals surface area contributed by atoms with E-state index in [9.17, 15) is 9.59 Å². The van der Waals surface area contributed by atoms with Crippen molar-refractivity contribution in [2.45, 2.75) is 20.3 Å². The number of rotatable bonds is 9. The van der Waals surface area contributed by atoms with E-state index in [4.69, 9.17) is 9.47 Å². The molecule has 3 aromatic rings. The number of carbonyl (C=O) groups is 2. The van der Waals surface area contributed by atoms with Crippen LogP contribution >= 0.6 is 0 Å². The smallest absolute Gasteiger partial charge is 0.326 e. The Bertz CT molecular complexity index is 1030. The Morgan fingerprint density at radius 3 is 2.71 bits per heavy atom. The van der Waals surface area contributed by atoms with Crippen LogP contribution in [-0.4, -0.2) is 47.9 Å². The summed E-state index contributed by atoms with van der Waals surface area (Å²) < 4.78 is 12.8. The van der Waals surface area contributed by atoms with Crippen molar-refractivity contribution in [1.82, 2.24) is 20.2 Å². The normalized spacial score (nSPS) is 10.6. The Balaban J connectivity index is 1.65. The van der Waals surface area contributed by atoms with E-state index in [1.165, 1.54) is 0 Å². The Morgan fingerprint density at radius 1 is 1.06 bits per heavy atom. The number of fused-ring (bicyclic) bond motifs is 1. The lowest BCUT2D eigenvalue weighted by molar-refractivity contribution is 0.145. The van der Waals surface area contributed by atoms with Gasteiger partial charge in [-0.15, -0.1) is 0 Å². The first kappa shape index (κ1) is 22.1. The summed E-state index contributed by atoms with van der Waals surface area (Å²) in [7, 11) is 0. The molecule has 9 nitrogen and oxygen atoms in total. The molecule has 0 aliphatic rings. The molecule has 3 amide bonds. The Morgan fingerprint density at radius 2 is 1.90 bits per heavy atom. The van der Waals surface area contributed by atoms with Gasteiger partial charge in [-0.3, -0.25) is 9.88 Å². The van der Waals surface area contributed by atoms with E-state index in [0.717, 1.165) is 17.3 Å². The van der Waals surface area contributed by atoms with Crippen LogP contribution in [0.15, 0.2) is 48.8 Å². The zero-order valence-corrected chi connectivity index (χ0v) is 17.7. The fourth-order valence-corrected chi connectivity index (χ4v) is 2.96. The largest absolute Gasteiger partial charge is 0.457 e. The third-order valence-corrected chi connectivity index (χ3v) is 4.37. The molecule has 0 unspecified atom stereocenters. The summed E-state index contributed by atoms with van der Waals surface area (Å²) in [5.74, 6) is 1.53. The summed E-state index contributed by atoms with van der Waals surface area (Å²) in [6, 6.07) is 10.2. The standard InChI is InChI=1S/C22H27N5O4/c1-3-23-21(28)26-20-15-18(8-11-24-20)31-17-6-7-19-16(14-17)9-12-27(19)22(29)25-10-5-13-30-4-2/h6-9,11-12,14-15H,3-5,10,13H2,1-2H3,(H,25,29)(H2,23,24,26,28). The number of aromatic nitrogens is 2. The van der Waals surface area contributed by atoms with Gasteiger partial charge in [0.05, 0.1) is 5.52 Å². The third-order valence-electron chi connectivity index (χ3n) is 4.37. The highest BCUT2D eigenvalue weighted by Gasteiger charge is 2.10. The van der Waals surface area contributed by atoms with Crippen LogP contribution in [0.25, 0.3) is 10.9 Å². The van der Waals surface area contributed by atoms with E-state index in [2.05, 4.69) is 20.9 Å². The molecule has 0 saturated carbocycles. The van der Waals surface area contributed by atoms with Crippen LogP contribution in [0, 0.1) is 0 Å². The molecule has 0 spiro atoms. The molecule has 2 aromatic heterocycles. The van der Waals surface area contributed by atoms with Gasteiger partial charge in [0.1, 0.15) is 17.3 Å². The van der Waals surface area contributed by atoms with E-state index < -0.39 is 0 Å². The molecule has 31 heavy (non-hydrogen) atoms. The molecule has 164 valence electrons. The van der Waals surface area contributed by atoms with Gasteiger partial charge in [-0.2, -0.15) is 0 Å². The van der Waals surface area contributed by atoms with E-state index in [0.29, 0.717) is 43.6 Å². The highest BCUT2D eigenvalue weighted by Crippen LogP contribution is 2.27. The van der Waals surface area contributed by atoms with Crippen LogP contribution in [0.4, 0.5) is 15.4 Å². The van der Waals surface area contributed by atoms with Crippen LogP contribution in [0.3, 0.4) is 0 Å². The van der Waals surface area contributed by atoms with Crippen LogP contribution in [-0.2, 0) is 4.74 Å². The topological polar surface area (TPSA) is 107 Å². The van der Waals surface area contributed by atoms with E-state index in [-0.39, 0.29) is 12.1 Å². The predicted octanol–water partition coefficient (Wildman–Crippen LogP) is 3.95. The molecule has 0 radical (unpaired) electrons. The monoisotopic (exact) mass is 425 g/mol. The fourth-order valence-electron chi connectivity index (χ4n) is 2.96. The zero-order valence-electron chi connectivity index (χ0n) is 17.7. The summed E-state index contributed by atoms with van der Waals surface area (Å²) in [5, 5.41) is 9.05. The van der Waals surface area contributed by atoms with E-state index in [1.807, 2.05) is 32.0 Å². The number of hydrogen-bond donors (Lipinski definition) is 3. The molecule has 0 aliphatic heterocycles. The molecular formula is C22H27N5O4. The molecule has 3 N–H and O–H groups in total. The molecule has 3 rings (SSSR count). The third kappa shape index (κ3) is 6.19. The molecule has 0 atom stereocenters. The summed E-state index contributed by atoms with van der Waals surface area (Å²) in [6.45, 7) is 6.15. The molecule has 1 aromatic carbocycles. The summed E-state index contributed by atoms with van der Waals surface area (Å²) >= 11 is 0. The first-order chi connectivity index (χ1) is 15.1. The van der Waals surface area contributed by atoms with Gasteiger partial charge in [-0.05, 0) is 50.6 Å². The molecule has 0 fully saturated rings. The van der Waals surface area contributed by atoms with E-state index >= 15 is 0 Å². The SMILES string of the molecule is CCNC(=O)Nc1cc(Oc2ccc3c(ccn3C(=O)NCCCOCC)c2)ccn1. The minimum atomic E-state index is -0.328. The second-order valence-corrected chi connectivity index (χ2v) is 6.65. The molecule has 0 saturated heterocycles. The Labute approximate surface area is 180 Å². The second-order valence-electron chi connectivity index (χ2n) is 6.65. The highest BCUT2D eigenvalue weighted by molar-refractivity contribution is 5.92. The summed E-state index contributed by atoms with van der Waals surface area (Å²) in [6.07, 6.45) is 4.05. The fraction of sp³-hybridized carbons (Fsp3) is 0.318. The zero-order chi connectivity index (χ0) is 22.1. The molecular weight excluding hydrogens is 398 g/mol. The number of nitrogens with one attached hydrogen (secondary N) is 3. The van der Waals surface area contributed by atoms with Crippen molar-refractivity contribution in [3.05, 3.63) is 48.8 Å². The number of nitrogens with zero attached hydrogens (tertiary/aromatic N) is 2. The first-order valence-corrected chi connectivity index (χ1v) is 10.3. The lowest BCUT2D eigenvalue weighted by Gasteiger charge is -2.10. The number of carbonyl (C=O) groups excluding carboxylic acids is 2. The quantitative estimate of drug-likeness (QED) is 0.450. The van der Waals surface area contributed by atoms with Crippen molar-refractivity contribution < 1.29 is 19.1 Å². The average Bonchev–Trinajstić information content (AvgIpc) is 3.17. The van der Waals surface area contributed by atoms with Gasteiger partial charge in [-0.25, -0.2) is 14.6 Å². The minimum Gasteiger partial charge on any atom is -0.457 e. The van der Waals surface area contributed by atoms with Crippen molar-refractivity contribution in [2.75, 3.05) is 31.6 Å². The maximum Gasteiger partial charge on any atom is 0.326 e. The van der Waals surface area contributed by atoms with Gasteiger partial charge in [0.25, 0.3) is 0 Å². The first-order valence-electron chi connectivity index (χ1n) is 10.3. The summed E-state index contributed by atoms with van der Waals surface area (Å²) in [5.41, 5.74) is 0.781. The van der Waals surface area contributed by atoms with Crippen molar-refractivity contribution in [3.63, 3.8) is 0 Å². The Kier molecular flexibility index (Phi) is 7.83. The van der Waals surface area contributed by atoms with Crippen molar-refractivity contribution >= 4 is 28.8 Å². The van der Waals surface area contributed by atoms with Gasteiger partial charge >= 0.3 is 12.1 Å². The van der Waals surface area contributed by atoms with Gasteiger partial charge < -0.3 is 20.1 Å². The molecule has 9 heteroatoms. The number of anilines is 1. The minimum absolute atomic E-state index is 0.185. The van der Waals surface area contributed by atoms with E-state index in [1.54, 1.807) is 35.2 Å². The van der Waals surface area contributed by atoms with Crippen molar-refractivity contribution in [2.24, 2.45) is 0 Å². The lowest BCUT2D eigenvalue weighted by atomic mass is 10.2. The summed E-state index contributed by atoms with van der Waals surface area (Å²) in [4.78, 5) is 28.2. The molecule has 2 heterocycles. The predicted molar refractivity (Wildman–Crippen MR) is 119 cm³/mol. The lowest BCUT2D eigenvalue weighted by Crippen LogP contribution is -2.29. The maximum atomic E-state index is 12.4. The van der Waals surface area contributed by atoms with Crippen LogP contribution in [0.5, 0.6) is 11.5 Å². The van der Waals surface area contributed by atoms with Gasteiger partial charge in [0.15, 0.2) is 0 Å². The van der Waals surface area contributed by atoms with Crippen LogP contribution < -0.4 is 20.7 Å². The molecule has 0 aliphatic carbocycles. The maximum absolute atomic E-state index is 12.4. The molecule has 0 bridgehead atoms. The van der Waals surface area contributed by atoms with Crippen LogP contribution in [0.1, 0.15) is 20.3 Å². The Hall–Kier alpha value is -3.59. The number of amides is 3. The van der Waals surface area contributed by atoms with Gasteiger partial charge in [-0.1, -0.05) is 0 Å². The number of benzene rings is 1.